The van der Waals surface area contributed by atoms with Crippen LogP contribution in [-0.4, -0.2) is 69.7 Å². The molecule has 0 atom stereocenters. The summed E-state index contributed by atoms with van der Waals surface area (Å²) in [6.07, 6.45) is 0. The minimum absolute atomic E-state index is 0.0404. The number of methoxy groups -OCH3 is 2. The van der Waals surface area contributed by atoms with E-state index in [2.05, 4.69) is 5.32 Å². The largest absolute Gasteiger partial charge is 0.496 e. The summed E-state index contributed by atoms with van der Waals surface area (Å²) in [5.74, 6) is 0.550. The highest BCUT2D eigenvalue weighted by molar-refractivity contribution is 5.83. The van der Waals surface area contributed by atoms with Gasteiger partial charge in [-0.2, -0.15) is 0 Å². The standard InChI is InChI=1S/C16H25N3O4/c1-18(2)15(20)11-17-16(21)19(9-10-22-3)12-13-7-5-6-8-14(13)23-4/h5-8H,9-12H2,1-4H3,(H,17,21). The second-order valence-corrected chi connectivity index (χ2v) is 5.17. The fraction of sp³-hybridized carbons (Fsp3) is 0.500. The average Bonchev–Trinajstić information content (AvgIpc) is 2.56. The molecule has 1 aromatic carbocycles. The van der Waals surface area contributed by atoms with Gasteiger partial charge >= 0.3 is 6.03 Å². The molecule has 0 saturated carbocycles. The van der Waals surface area contributed by atoms with Crippen molar-refractivity contribution in [2.24, 2.45) is 0 Å². The first-order valence-corrected chi connectivity index (χ1v) is 7.33. The smallest absolute Gasteiger partial charge is 0.318 e. The number of ether oxygens (including phenoxy) is 2. The van der Waals surface area contributed by atoms with Gasteiger partial charge in [0, 0.05) is 33.3 Å². The van der Waals surface area contributed by atoms with E-state index in [0.717, 1.165) is 5.56 Å². The van der Waals surface area contributed by atoms with E-state index in [-0.39, 0.29) is 18.5 Å². The molecule has 23 heavy (non-hydrogen) atoms. The van der Waals surface area contributed by atoms with Crippen LogP contribution >= 0.6 is 0 Å². The van der Waals surface area contributed by atoms with Gasteiger partial charge in [-0.05, 0) is 6.07 Å². The highest BCUT2D eigenvalue weighted by Crippen LogP contribution is 2.19. The summed E-state index contributed by atoms with van der Waals surface area (Å²) >= 11 is 0. The molecule has 7 heteroatoms. The van der Waals surface area contributed by atoms with E-state index in [1.165, 1.54) is 4.90 Å². The predicted molar refractivity (Wildman–Crippen MR) is 87.4 cm³/mol. The van der Waals surface area contributed by atoms with Crippen molar-refractivity contribution < 1.29 is 19.1 Å². The van der Waals surface area contributed by atoms with Gasteiger partial charge in [0.05, 0.1) is 26.8 Å². The summed E-state index contributed by atoms with van der Waals surface area (Å²) in [7, 11) is 6.46. The number of hydrogen-bond donors (Lipinski definition) is 1. The topological polar surface area (TPSA) is 71.1 Å². The fourth-order valence-electron chi connectivity index (χ4n) is 1.91. The van der Waals surface area contributed by atoms with Crippen LogP contribution in [0, 0.1) is 0 Å². The maximum Gasteiger partial charge on any atom is 0.318 e. The molecule has 1 rings (SSSR count). The number of nitrogens with one attached hydrogen (secondary N) is 1. The van der Waals surface area contributed by atoms with Crippen molar-refractivity contribution in [2.45, 2.75) is 6.54 Å². The van der Waals surface area contributed by atoms with Crippen LogP contribution in [0.4, 0.5) is 4.79 Å². The first-order valence-electron chi connectivity index (χ1n) is 7.33. The lowest BCUT2D eigenvalue weighted by molar-refractivity contribution is -0.127. The molecule has 0 spiro atoms. The Morgan fingerprint density at radius 3 is 2.48 bits per heavy atom. The number of benzene rings is 1. The number of urea groups is 1. The minimum Gasteiger partial charge on any atom is -0.496 e. The second kappa shape index (κ2) is 9.68. The first-order chi connectivity index (χ1) is 11.0. The summed E-state index contributed by atoms with van der Waals surface area (Å²) in [6, 6.07) is 7.19. The molecule has 7 nitrogen and oxygen atoms in total. The number of likely N-dealkylation sites (N-methyl/N-ethyl adjacent to an activating group) is 1. The molecule has 0 bridgehead atoms. The Kier molecular flexibility index (Phi) is 7.90. The van der Waals surface area contributed by atoms with E-state index in [1.54, 1.807) is 33.2 Å². The van der Waals surface area contributed by atoms with Gasteiger partial charge in [0.1, 0.15) is 5.75 Å². The molecule has 3 amide bonds. The molecular formula is C16H25N3O4. The first kappa shape index (κ1) is 18.8. The fourth-order valence-corrected chi connectivity index (χ4v) is 1.91. The third kappa shape index (κ3) is 6.15. The molecule has 0 saturated heterocycles. The van der Waals surface area contributed by atoms with Crippen LogP contribution in [0.15, 0.2) is 24.3 Å². The number of amides is 3. The highest BCUT2D eigenvalue weighted by atomic mass is 16.5. The zero-order valence-corrected chi connectivity index (χ0v) is 14.2. The molecule has 0 aromatic heterocycles. The van der Waals surface area contributed by atoms with Gasteiger partial charge in [-0.15, -0.1) is 0 Å². The third-order valence-corrected chi connectivity index (χ3v) is 3.30. The number of para-hydroxylation sites is 1. The lowest BCUT2D eigenvalue weighted by Crippen LogP contribution is -2.45. The van der Waals surface area contributed by atoms with Crippen molar-refractivity contribution in [1.82, 2.24) is 15.1 Å². The van der Waals surface area contributed by atoms with Crippen molar-refractivity contribution in [2.75, 3.05) is 48.0 Å². The molecule has 128 valence electrons. The molecule has 0 aliphatic carbocycles. The Balaban J connectivity index is 2.74. The van der Waals surface area contributed by atoms with Gasteiger partial charge in [0.25, 0.3) is 0 Å². The maximum absolute atomic E-state index is 12.3. The van der Waals surface area contributed by atoms with Gasteiger partial charge in [0.2, 0.25) is 5.91 Å². The number of hydrogen-bond acceptors (Lipinski definition) is 4. The number of rotatable bonds is 8. The predicted octanol–water partition coefficient (Wildman–Crippen LogP) is 0.941. The van der Waals surface area contributed by atoms with E-state index in [4.69, 9.17) is 9.47 Å². The zero-order valence-electron chi connectivity index (χ0n) is 14.2. The highest BCUT2D eigenvalue weighted by Gasteiger charge is 2.17. The van der Waals surface area contributed by atoms with Gasteiger partial charge in [-0.1, -0.05) is 18.2 Å². The molecule has 0 aliphatic rings. The van der Waals surface area contributed by atoms with Gasteiger partial charge in [0.15, 0.2) is 0 Å². The summed E-state index contributed by atoms with van der Waals surface area (Å²) in [5.41, 5.74) is 0.889. The summed E-state index contributed by atoms with van der Waals surface area (Å²) in [6.45, 7) is 1.15. The van der Waals surface area contributed by atoms with Crippen molar-refractivity contribution in [3.8, 4) is 5.75 Å². The monoisotopic (exact) mass is 323 g/mol. The van der Waals surface area contributed by atoms with E-state index < -0.39 is 0 Å². The van der Waals surface area contributed by atoms with Crippen LogP contribution in [0.1, 0.15) is 5.56 Å². The van der Waals surface area contributed by atoms with Crippen LogP contribution in [0.3, 0.4) is 0 Å². The van der Waals surface area contributed by atoms with Crippen molar-refractivity contribution in [3.05, 3.63) is 29.8 Å². The second-order valence-electron chi connectivity index (χ2n) is 5.17. The summed E-state index contributed by atoms with van der Waals surface area (Å²) in [5, 5.41) is 2.63. The molecular weight excluding hydrogens is 298 g/mol. The zero-order chi connectivity index (χ0) is 17.2. The van der Waals surface area contributed by atoms with E-state index in [1.807, 2.05) is 24.3 Å². The third-order valence-electron chi connectivity index (χ3n) is 3.30. The Bertz CT molecular complexity index is 520. The van der Waals surface area contributed by atoms with Crippen LogP contribution < -0.4 is 10.1 Å². The van der Waals surface area contributed by atoms with E-state index in [9.17, 15) is 9.59 Å². The quantitative estimate of drug-likeness (QED) is 0.773. The minimum atomic E-state index is -0.317. The summed E-state index contributed by atoms with van der Waals surface area (Å²) in [4.78, 5) is 26.9. The SMILES string of the molecule is COCCN(Cc1ccccc1OC)C(=O)NCC(=O)N(C)C. The Morgan fingerprint density at radius 1 is 1.17 bits per heavy atom. The van der Waals surface area contributed by atoms with Gasteiger partial charge < -0.3 is 24.6 Å². The van der Waals surface area contributed by atoms with Gasteiger partial charge in [-0.25, -0.2) is 4.79 Å². The van der Waals surface area contributed by atoms with Gasteiger partial charge in [-0.3, -0.25) is 4.79 Å². The Morgan fingerprint density at radius 2 is 1.87 bits per heavy atom. The Labute approximate surface area is 137 Å². The van der Waals surface area contributed by atoms with Crippen LogP contribution in [0.5, 0.6) is 5.75 Å². The molecule has 1 aromatic rings. The molecule has 1 N–H and O–H groups in total. The maximum atomic E-state index is 12.3. The number of carbonyl (C=O) groups excluding carboxylic acids is 2. The summed E-state index contributed by atoms with van der Waals surface area (Å²) < 4.78 is 10.4. The number of carbonyl (C=O) groups is 2. The van der Waals surface area contributed by atoms with Crippen molar-refractivity contribution >= 4 is 11.9 Å². The Hall–Kier alpha value is -2.28. The van der Waals surface area contributed by atoms with Crippen LogP contribution in [0.25, 0.3) is 0 Å². The molecule has 0 heterocycles. The van der Waals surface area contributed by atoms with Crippen LogP contribution in [0.2, 0.25) is 0 Å². The molecule has 0 radical (unpaired) electrons. The normalized spacial score (nSPS) is 10.1. The number of nitrogens with zero attached hydrogens (tertiary/aromatic N) is 2. The molecule has 0 unspecified atom stereocenters. The molecule has 0 aliphatic heterocycles. The van der Waals surface area contributed by atoms with Crippen molar-refractivity contribution in [3.63, 3.8) is 0 Å². The average molecular weight is 323 g/mol. The lowest BCUT2D eigenvalue weighted by Gasteiger charge is -2.24. The van der Waals surface area contributed by atoms with E-state index in [0.29, 0.717) is 25.4 Å². The van der Waals surface area contributed by atoms with Crippen LogP contribution in [-0.2, 0) is 16.1 Å². The molecule has 0 fully saturated rings. The lowest BCUT2D eigenvalue weighted by atomic mass is 10.2. The van der Waals surface area contributed by atoms with E-state index >= 15 is 0 Å². The van der Waals surface area contributed by atoms with Crippen molar-refractivity contribution in [1.29, 1.82) is 0 Å².